The Kier molecular flexibility index (Phi) is 8.16. The Hall–Kier alpha value is -2.06. The van der Waals surface area contributed by atoms with Crippen molar-refractivity contribution in [2.24, 2.45) is 0 Å². The first-order valence-corrected chi connectivity index (χ1v) is 11.8. The number of halogens is 1. The average molecular weight is 425 g/mol. The predicted octanol–water partition coefficient (Wildman–Crippen LogP) is 8.47. The van der Waals surface area contributed by atoms with Crippen molar-refractivity contribution in [1.29, 1.82) is 0 Å². The number of hydrogen-bond acceptors (Lipinski definition) is 2. The van der Waals surface area contributed by atoms with Gasteiger partial charge in [-0.1, -0.05) is 86.7 Å². The number of rotatable bonds is 9. The molecule has 0 fully saturated rings. The van der Waals surface area contributed by atoms with Gasteiger partial charge < -0.3 is 5.11 Å². The molecule has 1 aliphatic rings. The lowest BCUT2D eigenvalue weighted by atomic mass is 9.83. The van der Waals surface area contributed by atoms with Crippen molar-refractivity contribution in [1.82, 2.24) is 0 Å². The molecular formula is C27H33ClO2. The van der Waals surface area contributed by atoms with Crippen LogP contribution in [0.1, 0.15) is 93.5 Å². The first-order valence-electron chi connectivity index (χ1n) is 11.4. The van der Waals surface area contributed by atoms with Gasteiger partial charge in [0.15, 0.2) is 5.78 Å². The number of carbonyl (C=O) groups excluding carboxylic acids is 1. The van der Waals surface area contributed by atoms with E-state index in [1.807, 2.05) is 6.07 Å². The monoisotopic (exact) mass is 424 g/mol. The first-order chi connectivity index (χ1) is 14.5. The molecular weight excluding hydrogens is 392 g/mol. The number of phenolic OH excluding ortho intramolecular Hbond substituents is 1. The maximum atomic E-state index is 11.9. The summed E-state index contributed by atoms with van der Waals surface area (Å²) in [4.78, 5) is 11.9. The summed E-state index contributed by atoms with van der Waals surface area (Å²) in [6.45, 7) is 4.03. The molecule has 1 unspecified atom stereocenters. The summed E-state index contributed by atoms with van der Waals surface area (Å²) in [6, 6.07) is 12.0. The molecule has 0 amide bonds. The Morgan fingerprint density at radius 3 is 2.47 bits per heavy atom. The highest BCUT2D eigenvalue weighted by Gasteiger charge is 2.18. The van der Waals surface area contributed by atoms with Crippen molar-refractivity contribution >= 4 is 17.4 Å². The molecule has 0 saturated carbocycles. The lowest BCUT2D eigenvalue weighted by Gasteiger charge is -2.23. The number of benzene rings is 2. The molecule has 2 aromatic carbocycles. The van der Waals surface area contributed by atoms with Crippen LogP contribution in [0.4, 0.5) is 0 Å². The van der Waals surface area contributed by atoms with Crippen LogP contribution < -0.4 is 0 Å². The van der Waals surface area contributed by atoms with Crippen molar-refractivity contribution in [2.75, 3.05) is 0 Å². The second-order valence-electron chi connectivity index (χ2n) is 8.37. The number of unbranched alkanes of at least 4 members (excludes halogenated alkanes) is 3. The molecule has 0 spiro atoms. The molecule has 0 aliphatic heterocycles. The number of aromatic hydroxyl groups is 1. The van der Waals surface area contributed by atoms with Gasteiger partial charge in [-0.05, 0) is 55.2 Å². The molecule has 2 nitrogen and oxygen atoms in total. The van der Waals surface area contributed by atoms with E-state index in [1.165, 1.54) is 50.5 Å². The fourth-order valence-electron chi connectivity index (χ4n) is 4.33. The van der Waals surface area contributed by atoms with E-state index in [4.69, 9.17) is 11.6 Å². The van der Waals surface area contributed by atoms with Gasteiger partial charge in [-0.15, -0.1) is 0 Å². The molecule has 3 heteroatoms. The summed E-state index contributed by atoms with van der Waals surface area (Å²) >= 11 is 6.39. The summed E-state index contributed by atoms with van der Waals surface area (Å²) in [5.41, 5.74) is 5.01. The van der Waals surface area contributed by atoms with Gasteiger partial charge in [0, 0.05) is 12.0 Å². The van der Waals surface area contributed by atoms with Gasteiger partial charge >= 0.3 is 0 Å². The van der Waals surface area contributed by atoms with Crippen LogP contribution in [-0.2, 0) is 0 Å². The Labute approximate surface area is 186 Å². The molecule has 0 aromatic heterocycles. The highest BCUT2D eigenvalue weighted by atomic mass is 35.5. The first kappa shape index (κ1) is 22.6. The van der Waals surface area contributed by atoms with E-state index >= 15 is 0 Å². The molecule has 0 radical (unpaired) electrons. The molecule has 3 rings (SSSR count). The molecule has 0 bridgehead atoms. The van der Waals surface area contributed by atoms with Crippen LogP contribution in [0, 0.1) is 0 Å². The minimum absolute atomic E-state index is 0.105. The normalized spacial score (nSPS) is 16.4. The maximum absolute atomic E-state index is 11.9. The van der Waals surface area contributed by atoms with Crippen molar-refractivity contribution in [3.63, 3.8) is 0 Å². The fourth-order valence-corrected chi connectivity index (χ4v) is 4.61. The minimum Gasteiger partial charge on any atom is -0.506 e. The number of ketones is 1. The maximum Gasteiger partial charge on any atom is 0.166 e. The topological polar surface area (TPSA) is 37.3 Å². The van der Waals surface area contributed by atoms with E-state index in [1.54, 1.807) is 18.6 Å². The van der Waals surface area contributed by atoms with Gasteiger partial charge in [0.05, 0.1) is 10.6 Å². The van der Waals surface area contributed by atoms with Crippen LogP contribution in [0.2, 0.25) is 5.02 Å². The standard InChI is InChI=1S/C27H33ClO2/c1-3-5-6-7-8-19-9-11-20(12-10-19)21-13-15-22(16-14-21)23-17-18-24(25(29)4-2)27(30)26(23)28/h9,13-18,20,30H,3-8,10-12H2,1-2H3. The Balaban J connectivity index is 1.67. The Bertz CT molecular complexity index is 896. The van der Waals surface area contributed by atoms with Gasteiger partial charge in [0.1, 0.15) is 5.75 Å². The molecule has 1 N–H and O–H groups in total. The molecule has 1 atom stereocenters. The Morgan fingerprint density at radius 2 is 1.83 bits per heavy atom. The van der Waals surface area contributed by atoms with E-state index in [9.17, 15) is 9.90 Å². The average Bonchev–Trinajstić information content (AvgIpc) is 2.78. The lowest BCUT2D eigenvalue weighted by molar-refractivity contribution is 0.0985. The summed E-state index contributed by atoms with van der Waals surface area (Å²) in [5.74, 6) is 0.354. The van der Waals surface area contributed by atoms with Crippen LogP contribution in [0.3, 0.4) is 0 Å². The SMILES string of the molecule is CCCCCCC1=CCC(c2ccc(-c3ccc(C(=O)CC)c(O)c3Cl)cc2)CC1. The quantitative estimate of drug-likeness (QED) is 0.249. The van der Waals surface area contributed by atoms with Crippen LogP contribution in [0.15, 0.2) is 48.0 Å². The molecule has 2 aromatic rings. The second kappa shape index (κ2) is 10.8. The lowest BCUT2D eigenvalue weighted by Crippen LogP contribution is -2.04. The highest BCUT2D eigenvalue weighted by Crippen LogP contribution is 2.39. The third-order valence-corrected chi connectivity index (χ3v) is 6.67. The van der Waals surface area contributed by atoms with Gasteiger partial charge in [-0.2, -0.15) is 0 Å². The number of hydrogen-bond donors (Lipinski definition) is 1. The van der Waals surface area contributed by atoms with E-state index in [2.05, 4.69) is 37.3 Å². The number of phenols is 1. The predicted molar refractivity (Wildman–Crippen MR) is 127 cm³/mol. The van der Waals surface area contributed by atoms with Gasteiger partial charge in [0.2, 0.25) is 0 Å². The van der Waals surface area contributed by atoms with E-state index in [0.29, 0.717) is 17.9 Å². The molecule has 1 aliphatic carbocycles. The summed E-state index contributed by atoms with van der Waals surface area (Å²) in [7, 11) is 0. The van der Waals surface area contributed by atoms with Crippen LogP contribution in [0.25, 0.3) is 11.1 Å². The van der Waals surface area contributed by atoms with Crippen LogP contribution in [-0.4, -0.2) is 10.9 Å². The van der Waals surface area contributed by atoms with Crippen molar-refractivity contribution < 1.29 is 9.90 Å². The second-order valence-corrected chi connectivity index (χ2v) is 8.74. The molecule has 160 valence electrons. The highest BCUT2D eigenvalue weighted by molar-refractivity contribution is 6.35. The number of allylic oxidation sites excluding steroid dienone is 2. The zero-order chi connectivity index (χ0) is 21.5. The third-order valence-electron chi connectivity index (χ3n) is 6.29. The van der Waals surface area contributed by atoms with Crippen molar-refractivity contribution in [2.45, 2.75) is 77.6 Å². The zero-order valence-corrected chi connectivity index (χ0v) is 19.0. The minimum atomic E-state index is -0.117. The summed E-state index contributed by atoms with van der Waals surface area (Å²) < 4.78 is 0. The summed E-state index contributed by atoms with van der Waals surface area (Å²) in [5, 5.41) is 10.6. The van der Waals surface area contributed by atoms with Gasteiger partial charge in [-0.25, -0.2) is 0 Å². The van der Waals surface area contributed by atoms with Crippen molar-refractivity contribution in [3.05, 3.63) is 64.2 Å². The summed E-state index contributed by atoms with van der Waals surface area (Å²) in [6.07, 6.45) is 13.0. The van der Waals surface area contributed by atoms with Crippen molar-refractivity contribution in [3.8, 4) is 16.9 Å². The van der Waals surface area contributed by atoms with Crippen LogP contribution in [0.5, 0.6) is 5.75 Å². The van der Waals surface area contributed by atoms with Gasteiger partial charge in [-0.3, -0.25) is 4.79 Å². The molecule has 0 saturated heterocycles. The largest absolute Gasteiger partial charge is 0.506 e. The smallest absolute Gasteiger partial charge is 0.166 e. The number of Topliss-reactive ketones (excluding diaryl/α,β-unsaturated/α-hetero) is 1. The van der Waals surface area contributed by atoms with Gasteiger partial charge in [0.25, 0.3) is 0 Å². The van der Waals surface area contributed by atoms with E-state index in [0.717, 1.165) is 17.5 Å². The third kappa shape index (κ3) is 5.35. The number of carbonyl (C=O) groups is 1. The van der Waals surface area contributed by atoms with E-state index < -0.39 is 0 Å². The molecule has 0 heterocycles. The van der Waals surface area contributed by atoms with Crippen LogP contribution >= 0.6 is 11.6 Å². The Morgan fingerprint density at radius 1 is 1.07 bits per heavy atom. The molecule has 30 heavy (non-hydrogen) atoms. The van der Waals surface area contributed by atoms with E-state index in [-0.39, 0.29) is 16.6 Å². The fraction of sp³-hybridized carbons (Fsp3) is 0.444. The zero-order valence-electron chi connectivity index (χ0n) is 18.2.